The first-order valence-corrected chi connectivity index (χ1v) is 10.3. The van der Waals surface area contributed by atoms with Crippen molar-refractivity contribution in [1.29, 1.82) is 0 Å². The van der Waals surface area contributed by atoms with Crippen LogP contribution < -0.4 is 21.5 Å². The normalized spacial score (nSPS) is 10.8. The molecule has 2 heterocycles. The van der Waals surface area contributed by atoms with Gasteiger partial charge in [0, 0.05) is 42.0 Å². The zero-order chi connectivity index (χ0) is 23.7. The molecule has 2 aromatic carbocycles. The van der Waals surface area contributed by atoms with Gasteiger partial charge in [-0.05, 0) is 54.4 Å². The minimum atomic E-state index is -0.648. The van der Waals surface area contributed by atoms with E-state index in [1.54, 1.807) is 57.5 Å². The van der Waals surface area contributed by atoms with Gasteiger partial charge in [-0.25, -0.2) is 14.2 Å². The Morgan fingerprint density at radius 3 is 2.64 bits per heavy atom. The zero-order valence-corrected chi connectivity index (χ0v) is 18.8. The maximum absolute atomic E-state index is 14.7. The maximum atomic E-state index is 14.7. The average molecular weight is 467 g/mol. The van der Waals surface area contributed by atoms with Gasteiger partial charge in [0.2, 0.25) is 5.95 Å². The molecule has 0 aliphatic carbocycles. The Kier molecular flexibility index (Phi) is 5.97. The van der Waals surface area contributed by atoms with Gasteiger partial charge in [0.15, 0.2) is 0 Å². The molecule has 0 radical (unpaired) electrons. The highest BCUT2D eigenvalue weighted by Crippen LogP contribution is 2.29. The SMILES string of the molecule is CNc1ncc2cc(-c3cc(NC(=O)Nc4cccc(Cl)c4)c(F)cc3C)c(=O)n(C)c2n1. The molecule has 2 amide bonds. The summed E-state index contributed by atoms with van der Waals surface area (Å²) in [5.41, 5.74) is 1.89. The van der Waals surface area contributed by atoms with Crippen molar-refractivity contribution < 1.29 is 9.18 Å². The summed E-state index contributed by atoms with van der Waals surface area (Å²) < 4.78 is 16.1. The van der Waals surface area contributed by atoms with E-state index >= 15 is 0 Å². The van der Waals surface area contributed by atoms with E-state index in [1.807, 2.05) is 0 Å². The number of nitrogens with one attached hydrogen (secondary N) is 3. The summed E-state index contributed by atoms with van der Waals surface area (Å²) in [6, 6.07) is 10.3. The predicted octanol–water partition coefficient (Wildman–Crippen LogP) is 4.78. The van der Waals surface area contributed by atoms with Crippen molar-refractivity contribution in [2.24, 2.45) is 7.05 Å². The summed E-state index contributed by atoms with van der Waals surface area (Å²) in [5, 5.41) is 9.03. The summed E-state index contributed by atoms with van der Waals surface area (Å²) in [6.45, 7) is 1.69. The molecule has 0 spiro atoms. The van der Waals surface area contributed by atoms with Crippen molar-refractivity contribution in [1.82, 2.24) is 14.5 Å². The standard InChI is InChI=1S/C23H20ClFN6O2/c1-12-7-18(25)19(29-23(33)28-15-6-4-5-14(24)9-15)10-16(12)17-8-13-11-27-22(26-2)30-20(13)31(3)21(17)32/h4-11H,1-3H3,(H,26,27,30)(H2,28,29,33). The molecular weight excluding hydrogens is 447 g/mol. The number of benzene rings is 2. The third kappa shape index (κ3) is 4.49. The maximum Gasteiger partial charge on any atom is 0.323 e. The smallest absolute Gasteiger partial charge is 0.323 e. The molecule has 3 N–H and O–H groups in total. The Bertz CT molecular complexity index is 1450. The van der Waals surface area contributed by atoms with E-state index in [4.69, 9.17) is 11.6 Å². The number of aryl methyl sites for hydroxylation is 2. The van der Waals surface area contributed by atoms with Crippen molar-refractivity contribution in [3.63, 3.8) is 0 Å². The van der Waals surface area contributed by atoms with Crippen molar-refractivity contribution >= 4 is 46.0 Å². The molecule has 10 heteroatoms. The third-order valence-corrected chi connectivity index (χ3v) is 5.34. The first-order chi connectivity index (χ1) is 15.8. The molecule has 0 atom stereocenters. The first kappa shape index (κ1) is 22.2. The van der Waals surface area contributed by atoms with Crippen LogP contribution in [-0.4, -0.2) is 27.6 Å². The van der Waals surface area contributed by atoms with Crippen molar-refractivity contribution in [2.45, 2.75) is 6.92 Å². The van der Waals surface area contributed by atoms with Gasteiger partial charge in [0.1, 0.15) is 11.5 Å². The van der Waals surface area contributed by atoms with Gasteiger partial charge in [-0.3, -0.25) is 9.36 Å². The summed E-state index contributed by atoms with van der Waals surface area (Å²) in [4.78, 5) is 34.0. The van der Waals surface area contributed by atoms with E-state index < -0.39 is 11.8 Å². The average Bonchev–Trinajstić information content (AvgIpc) is 2.78. The molecule has 168 valence electrons. The van der Waals surface area contributed by atoms with Crippen LogP contribution in [0.1, 0.15) is 5.56 Å². The van der Waals surface area contributed by atoms with Gasteiger partial charge < -0.3 is 16.0 Å². The Morgan fingerprint density at radius 2 is 1.91 bits per heavy atom. The van der Waals surface area contributed by atoms with Crippen LogP contribution >= 0.6 is 11.6 Å². The summed E-state index contributed by atoms with van der Waals surface area (Å²) >= 11 is 5.93. The van der Waals surface area contributed by atoms with E-state index in [1.165, 1.54) is 16.7 Å². The van der Waals surface area contributed by atoms with Crippen LogP contribution in [0.5, 0.6) is 0 Å². The fraction of sp³-hybridized carbons (Fsp3) is 0.130. The number of urea groups is 1. The molecule has 33 heavy (non-hydrogen) atoms. The largest absolute Gasteiger partial charge is 0.357 e. The summed E-state index contributed by atoms with van der Waals surface area (Å²) in [5.74, 6) is -0.238. The minimum absolute atomic E-state index is 0.0703. The van der Waals surface area contributed by atoms with E-state index in [2.05, 4.69) is 25.9 Å². The van der Waals surface area contributed by atoms with Gasteiger partial charge in [-0.1, -0.05) is 17.7 Å². The fourth-order valence-electron chi connectivity index (χ4n) is 3.47. The summed E-state index contributed by atoms with van der Waals surface area (Å²) in [7, 11) is 3.30. The van der Waals surface area contributed by atoms with Crippen molar-refractivity contribution in [3.05, 3.63) is 75.4 Å². The summed E-state index contributed by atoms with van der Waals surface area (Å²) in [6.07, 6.45) is 1.60. The van der Waals surface area contributed by atoms with Crippen LogP contribution in [-0.2, 0) is 7.05 Å². The molecule has 2 aromatic heterocycles. The van der Waals surface area contributed by atoms with E-state index in [0.717, 1.165) is 0 Å². The molecule has 8 nitrogen and oxygen atoms in total. The number of nitrogens with zero attached hydrogens (tertiary/aromatic N) is 3. The molecule has 4 rings (SSSR count). The number of amides is 2. The first-order valence-electron chi connectivity index (χ1n) is 9.95. The number of rotatable bonds is 4. The second kappa shape index (κ2) is 8.87. The molecule has 0 fully saturated rings. The zero-order valence-electron chi connectivity index (χ0n) is 18.0. The lowest BCUT2D eigenvalue weighted by Gasteiger charge is -2.14. The number of aromatic nitrogens is 3. The van der Waals surface area contributed by atoms with Gasteiger partial charge in [-0.2, -0.15) is 4.98 Å². The number of hydrogen-bond acceptors (Lipinski definition) is 5. The molecule has 4 aromatic rings. The highest BCUT2D eigenvalue weighted by molar-refractivity contribution is 6.30. The van der Waals surface area contributed by atoms with E-state index in [9.17, 15) is 14.0 Å². The molecule has 0 aliphatic heterocycles. The number of halogens is 2. The predicted molar refractivity (Wildman–Crippen MR) is 129 cm³/mol. The number of carbonyl (C=O) groups excluding carboxylic acids is 1. The van der Waals surface area contributed by atoms with Crippen LogP contribution in [0.4, 0.5) is 26.5 Å². The van der Waals surface area contributed by atoms with Gasteiger partial charge >= 0.3 is 6.03 Å². The Balaban J connectivity index is 1.73. The Labute approximate surface area is 193 Å². The number of fused-ring (bicyclic) bond motifs is 1. The minimum Gasteiger partial charge on any atom is -0.357 e. The second-order valence-corrected chi connectivity index (χ2v) is 7.82. The molecular formula is C23H20ClFN6O2. The lowest BCUT2D eigenvalue weighted by molar-refractivity contribution is 0.262. The Morgan fingerprint density at radius 1 is 1.12 bits per heavy atom. The van der Waals surface area contributed by atoms with Crippen molar-refractivity contribution in [3.8, 4) is 11.1 Å². The van der Waals surface area contributed by atoms with Gasteiger partial charge in [-0.15, -0.1) is 0 Å². The Hall–Kier alpha value is -3.98. The highest BCUT2D eigenvalue weighted by atomic mass is 35.5. The fourth-order valence-corrected chi connectivity index (χ4v) is 3.66. The molecule has 0 unspecified atom stereocenters. The third-order valence-electron chi connectivity index (χ3n) is 5.11. The van der Waals surface area contributed by atoms with Crippen LogP contribution in [0.25, 0.3) is 22.2 Å². The molecule has 0 saturated carbocycles. The van der Waals surface area contributed by atoms with E-state index in [-0.39, 0.29) is 11.2 Å². The van der Waals surface area contributed by atoms with Crippen LogP contribution in [0.15, 0.2) is 53.5 Å². The van der Waals surface area contributed by atoms with E-state index in [0.29, 0.717) is 44.4 Å². The second-order valence-electron chi connectivity index (χ2n) is 7.38. The van der Waals surface area contributed by atoms with Gasteiger partial charge in [0.25, 0.3) is 5.56 Å². The highest BCUT2D eigenvalue weighted by Gasteiger charge is 2.17. The molecule has 0 bridgehead atoms. The van der Waals surface area contributed by atoms with Crippen LogP contribution in [0.2, 0.25) is 5.02 Å². The van der Waals surface area contributed by atoms with Gasteiger partial charge in [0.05, 0.1) is 5.69 Å². The molecule has 0 saturated heterocycles. The number of hydrogen-bond donors (Lipinski definition) is 3. The van der Waals surface area contributed by atoms with Crippen LogP contribution in [0, 0.1) is 12.7 Å². The number of anilines is 3. The topological polar surface area (TPSA) is 101 Å². The van der Waals surface area contributed by atoms with Crippen molar-refractivity contribution in [2.75, 3.05) is 23.0 Å². The van der Waals surface area contributed by atoms with Crippen LogP contribution in [0.3, 0.4) is 0 Å². The molecule has 0 aliphatic rings. The monoisotopic (exact) mass is 466 g/mol. The number of pyridine rings is 1. The lowest BCUT2D eigenvalue weighted by Crippen LogP contribution is -2.22. The quantitative estimate of drug-likeness (QED) is 0.401. The number of carbonyl (C=O) groups is 1. The lowest BCUT2D eigenvalue weighted by atomic mass is 9.99.